The normalized spacial score (nSPS) is 11.0. The lowest BCUT2D eigenvalue weighted by Crippen LogP contribution is -2.00. The summed E-state index contributed by atoms with van der Waals surface area (Å²) in [5.41, 5.74) is 5.91. The molecule has 30 heavy (non-hydrogen) atoms. The maximum Gasteiger partial charge on any atom is 0.305 e. The Morgan fingerprint density at radius 1 is 0.967 bits per heavy atom. The zero-order valence-electron chi connectivity index (χ0n) is 16.6. The van der Waals surface area contributed by atoms with Crippen molar-refractivity contribution in [3.63, 3.8) is 0 Å². The number of methoxy groups -OCH3 is 1. The number of hydrogen-bond donors (Lipinski definition) is 2. The van der Waals surface area contributed by atoms with Crippen LogP contribution in [0.15, 0.2) is 66.7 Å². The molecule has 0 amide bonds. The van der Waals surface area contributed by atoms with Crippen molar-refractivity contribution in [2.75, 3.05) is 7.11 Å². The number of carbonyl (C=O) groups excluding carboxylic acids is 1. The topological polar surface area (TPSA) is 62.3 Å². The summed E-state index contributed by atoms with van der Waals surface area (Å²) in [7, 11) is 1.39. The van der Waals surface area contributed by atoms with Gasteiger partial charge >= 0.3 is 5.97 Å². The number of aromatic hydroxyl groups is 1. The second-order valence-corrected chi connectivity index (χ2v) is 7.22. The number of nitrogens with one attached hydrogen (secondary N) is 1. The van der Waals surface area contributed by atoms with Crippen molar-refractivity contribution in [1.82, 2.24) is 4.98 Å². The van der Waals surface area contributed by atoms with Crippen LogP contribution < -0.4 is 0 Å². The molecule has 0 aliphatic rings. The molecule has 0 aliphatic heterocycles. The number of phenolic OH excluding ortho intramolecular Hbond substituents is 1. The van der Waals surface area contributed by atoms with Crippen LogP contribution in [-0.2, 0) is 16.0 Å². The van der Waals surface area contributed by atoms with Crippen LogP contribution in [0.1, 0.15) is 18.4 Å². The minimum Gasteiger partial charge on any atom is -0.508 e. The van der Waals surface area contributed by atoms with Crippen LogP contribution in [0.5, 0.6) is 5.75 Å². The number of esters is 1. The predicted molar refractivity (Wildman–Crippen MR) is 116 cm³/mol. The van der Waals surface area contributed by atoms with Gasteiger partial charge in [-0.15, -0.1) is 0 Å². The molecule has 4 nitrogen and oxygen atoms in total. The number of aromatic amines is 1. The molecule has 0 saturated carbocycles. The fourth-order valence-corrected chi connectivity index (χ4v) is 3.72. The van der Waals surface area contributed by atoms with E-state index in [1.807, 2.05) is 24.3 Å². The van der Waals surface area contributed by atoms with E-state index in [1.54, 1.807) is 24.3 Å². The summed E-state index contributed by atoms with van der Waals surface area (Å²) < 4.78 is 18.2. The van der Waals surface area contributed by atoms with Crippen molar-refractivity contribution in [3.8, 4) is 28.1 Å². The van der Waals surface area contributed by atoms with Gasteiger partial charge in [0.1, 0.15) is 11.6 Å². The van der Waals surface area contributed by atoms with Crippen molar-refractivity contribution >= 4 is 16.9 Å². The third-order valence-corrected chi connectivity index (χ3v) is 5.28. The van der Waals surface area contributed by atoms with E-state index in [1.165, 1.54) is 19.2 Å². The molecule has 0 fully saturated rings. The van der Waals surface area contributed by atoms with E-state index >= 15 is 0 Å². The molecule has 0 atom stereocenters. The Kier molecular flexibility index (Phi) is 5.53. The molecule has 0 bridgehead atoms. The molecular formula is C25H22FNO3. The first-order valence-electron chi connectivity index (χ1n) is 9.82. The zero-order chi connectivity index (χ0) is 21.1. The molecule has 0 spiro atoms. The summed E-state index contributed by atoms with van der Waals surface area (Å²) in [6.07, 6.45) is 1.67. The maximum atomic E-state index is 13.4. The molecule has 1 aromatic heterocycles. The Hall–Kier alpha value is -3.60. The van der Waals surface area contributed by atoms with Crippen LogP contribution in [0, 0.1) is 5.82 Å². The van der Waals surface area contributed by atoms with Crippen molar-refractivity contribution in [2.45, 2.75) is 19.3 Å². The van der Waals surface area contributed by atoms with Crippen LogP contribution in [0.25, 0.3) is 33.3 Å². The van der Waals surface area contributed by atoms with Gasteiger partial charge in [0.2, 0.25) is 0 Å². The third-order valence-electron chi connectivity index (χ3n) is 5.28. The van der Waals surface area contributed by atoms with Crippen LogP contribution in [0.4, 0.5) is 4.39 Å². The van der Waals surface area contributed by atoms with Crippen molar-refractivity contribution < 1.29 is 19.0 Å². The summed E-state index contributed by atoms with van der Waals surface area (Å²) in [5.74, 6) is -0.289. The van der Waals surface area contributed by atoms with Crippen LogP contribution >= 0.6 is 0 Å². The van der Waals surface area contributed by atoms with E-state index in [0.717, 1.165) is 38.9 Å². The van der Waals surface area contributed by atoms with Gasteiger partial charge in [-0.3, -0.25) is 4.79 Å². The number of phenols is 1. The van der Waals surface area contributed by atoms with E-state index in [2.05, 4.69) is 11.1 Å². The van der Waals surface area contributed by atoms with Crippen molar-refractivity contribution in [2.24, 2.45) is 0 Å². The molecule has 0 saturated heterocycles. The summed E-state index contributed by atoms with van der Waals surface area (Å²) in [6.45, 7) is 0. The first-order chi connectivity index (χ1) is 14.5. The molecule has 0 unspecified atom stereocenters. The Morgan fingerprint density at radius 2 is 1.63 bits per heavy atom. The number of rotatable bonds is 6. The fraction of sp³-hybridized carbons (Fsp3) is 0.160. The minimum absolute atomic E-state index is 0.226. The molecular weight excluding hydrogens is 381 g/mol. The lowest BCUT2D eigenvalue weighted by molar-refractivity contribution is -0.140. The van der Waals surface area contributed by atoms with E-state index in [0.29, 0.717) is 19.3 Å². The van der Waals surface area contributed by atoms with Gasteiger partial charge < -0.3 is 14.8 Å². The maximum absolute atomic E-state index is 13.4. The van der Waals surface area contributed by atoms with E-state index < -0.39 is 0 Å². The predicted octanol–water partition coefficient (Wildman–Crippen LogP) is 5.84. The summed E-state index contributed by atoms with van der Waals surface area (Å²) in [5, 5.41) is 10.6. The third kappa shape index (κ3) is 4.06. The highest BCUT2D eigenvalue weighted by molar-refractivity contribution is 5.94. The Bertz CT molecular complexity index is 1180. The van der Waals surface area contributed by atoms with Gasteiger partial charge in [0.15, 0.2) is 0 Å². The Morgan fingerprint density at radius 3 is 2.33 bits per heavy atom. The standard InChI is InChI=1S/C25H22FNO3/c1-30-24(29)4-2-3-21-22-15-18(16-7-12-20(28)13-8-16)9-14-23(22)27-25(21)17-5-10-19(26)11-6-17/h5-15,27-28H,2-4H2,1H3. The molecule has 5 heteroatoms. The number of carbonyl (C=O) groups is 1. The molecule has 1 heterocycles. The first kappa shape index (κ1) is 19.7. The largest absolute Gasteiger partial charge is 0.508 e. The van der Waals surface area contributed by atoms with Gasteiger partial charge in [-0.2, -0.15) is 0 Å². The first-order valence-corrected chi connectivity index (χ1v) is 9.82. The van der Waals surface area contributed by atoms with Crippen LogP contribution in [-0.4, -0.2) is 23.2 Å². The van der Waals surface area contributed by atoms with Gasteiger partial charge in [0.25, 0.3) is 0 Å². The van der Waals surface area contributed by atoms with E-state index in [9.17, 15) is 14.3 Å². The number of halogens is 1. The van der Waals surface area contributed by atoms with Crippen molar-refractivity contribution in [1.29, 1.82) is 0 Å². The lowest BCUT2D eigenvalue weighted by atomic mass is 9.97. The average Bonchev–Trinajstić information content (AvgIpc) is 3.12. The SMILES string of the molecule is COC(=O)CCCc1c(-c2ccc(F)cc2)[nH]c2ccc(-c3ccc(O)cc3)cc12. The number of aromatic nitrogens is 1. The van der Waals surface area contributed by atoms with Gasteiger partial charge in [-0.1, -0.05) is 18.2 Å². The molecule has 4 aromatic rings. The number of fused-ring (bicyclic) bond motifs is 1. The highest BCUT2D eigenvalue weighted by Gasteiger charge is 2.15. The Balaban J connectivity index is 1.79. The Labute approximate surface area is 173 Å². The fourth-order valence-electron chi connectivity index (χ4n) is 3.72. The minimum atomic E-state index is -0.281. The molecule has 4 rings (SSSR count). The zero-order valence-corrected chi connectivity index (χ0v) is 16.6. The second kappa shape index (κ2) is 8.41. The molecule has 152 valence electrons. The highest BCUT2D eigenvalue weighted by Crippen LogP contribution is 2.34. The average molecular weight is 403 g/mol. The van der Waals surface area contributed by atoms with Crippen LogP contribution in [0.2, 0.25) is 0 Å². The number of ether oxygens (including phenoxy) is 1. The number of H-pyrrole nitrogens is 1. The van der Waals surface area contributed by atoms with Gasteiger partial charge in [0.05, 0.1) is 7.11 Å². The number of benzene rings is 3. The molecule has 3 aromatic carbocycles. The van der Waals surface area contributed by atoms with Gasteiger partial charge in [-0.05, 0) is 83.6 Å². The van der Waals surface area contributed by atoms with E-state index in [-0.39, 0.29) is 17.5 Å². The summed E-state index contributed by atoms with van der Waals surface area (Å²) in [6, 6.07) is 19.6. The van der Waals surface area contributed by atoms with Gasteiger partial charge in [0, 0.05) is 23.0 Å². The molecule has 2 N–H and O–H groups in total. The lowest BCUT2D eigenvalue weighted by Gasteiger charge is -2.07. The smallest absolute Gasteiger partial charge is 0.305 e. The summed E-state index contributed by atoms with van der Waals surface area (Å²) in [4.78, 5) is 15.0. The van der Waals surface area contributed by atoms with E-state index in [4.69, 9.17) is 4.74 Å². The quantitative estimate of drug-likeness (QED) is 0.398. The van der Waals surface area contributed by atoms with Crippen LogP contribution in [0.3, 0.4) is 0 Å². The monoisotopic (exact) mass is 403 g/mol. The number of hydrogen-bond acceptors (Lipinski definition) is 3. The molecule has 0 aliphatic carbocycles. The van der Waals surface area contributed by atoms with Crippen molar-refractivity contribution in [3.05, 3.63) is 78.1 Å². The second-order valence-electron chi connectivity index (χ2n) is 7.22. The highest BCUT2D eigenvalue weighted by atomic mass is 19.1. The molecule has 0 radical (unpaired) electrons. The number of aryl methyl sites for hydroxylation is 1. The summed E-state index contributed by atoms with van der Waals surface area (Å²) >= 11 is 0. The van der Waals surface area contributed by atoms with Gasteiger partial charge in [-0.25, -0.2) is 4.39 Å².